The Hall–Kier alpha value is -3.88. The lowest BCUT2D eigenvalue weighted by Crippen LogP contribution is -2.40. The van der Waals surface area contributed by atoms with Crippen LogP contribution in [0.2, 0.25) is 0 Å². The fourth-order valence-electron chi connectivity index (χ4n) is 4.65. The fourth-order valence-corrected chi connectivity index (χ4v) is 4.65. The molecule has 0 radical (unpaired) electrons. The Morgan fingerprint density at radius 2 is 1.66 bits per heavy atom. The molecule has 9 heteroatoms. The topological polar surface area (TPSA) is 110 Å². The summed E-state index contributed by atoms with van der Waals surface area (Å²) in [4.78, 5) is 49.2. The quantitative estimate of drug-likeness (QED) is 0.572. The van der Waals surface area contributed by atoms with E-state index < -0.39 is 5.91 Å². The molecule has 1 saturated carbocycles. The van der Waals surface area contributed by atoms with E-state index >= 15 is 0 Å². The van der Waals surface area contributed by atoms with Crippen LogP contribution in [0.15, 0.2) is 42.7 Å². The van der Waals surface area contributed by atoms with Crippen molar-refractivity contribution in [2.75, 3.05) is 5.32 Å². The van der Waals surface area contributed by atoms with E-state index in [-0.39, 0.29) is 34.4 Å². The van der Waals surface area contributed by atoms with Crippen LogP contribution < -0.4 is 5.32 Å². The van der Waals surface area contributed by atoms with Gasteiger partial charge in [-0.3, -0.25) is 19.3 Å². The average Bonchev–Trinajstić information content (AvgIpc) is 3.39. The predicted octanol–water partition coefficient (Wildman–Crippen LogP) is 4.14. The van der Waals surface area contributed by atoms with Crippen LogP contribution in [0.3, 0.4) is 0 Å². The van der Waals surface area contributed by atoms with E-state index in [1.165, 1.54) is 15.6 Å². The minimum absolute atomic E-state index is 0.0653. The molecule has 1 N–H and O–H groups in total. The third-order valence-electron chi connectivity index (χ3n) is 6.58. The van der Waals surface area contributed by atoms with Crippen molar-refractivity contribution in [2.45, 2.75) is 64.3 Å². The third kappa shape index (κ3) is 4.22. The number of anilines is 1. The highest BCUT2D eigenvalue weighted by atomic mass is 16.2. The van der Waals surface area contributed by atoms with Crippen LogP contribution in [0, 0.1) is 0 Å². The Morgan fingerprint density at radius 3 is 2.34 bits per heavy atom. The second-order valence-corrected chi connectivity index (χ2v) is 10.1. The highest BCUT2D eigenvalue weighted by molar-refractivity contribution is 6.22. The number of carbonyl (C=O) groups excluding carboxylic acids is 3. The lowest BCUT2D eigenvalue weighted by molar-refractivity contribution is 0.0548. The number of aromatic nitrogens is 4. The molecule has 2 aromatic heterocycles. The largest absolute Gasteiger partial charge is 0.306 e. The summed E-state index contributed by atoms with van der Waals surface area (Å²) in [7, 11) is 0. The van der Waals surface area contributed by atoms with Crippen LogP contribution in [0.4, 0.5) is 5.82 Å². The zero-order valence-corrected chi connectivity index (χ0v) is 20.1. The van der Waals surface area contributed by atoms with Gasteiger partial charge in [-0.05, 0) is 37.1 Å². The van der Waals surface area contributed by atoms with E-state index in [1.54, 1.807) is 36.7 Å². The second kappa shape index (κ2) is 8.72. The number of carbonyl (C=O) groups is 3. The molecule has 3 amide bonds. The molecule has 3 aromatic rings. The lowest BCUT2D eigenvalue weighted by atomic mass is 9.92. The summed E-state index contributed by atoms with van der Waals surface area (Å²) in [6, 6.07) is 8.10. The first-order valence-electron chi connectivity index (χ1n) is 12.0. The normalized spacial score (nSPS) is 16.5. The predicted molar refractivity (Wildman–Crippen MR) is 130 cm³/mol. The zero-order valence-electron chi connectivity index (χ0n) is 20.1. The van der Waals surface area contributed by atoms with Gasteiger partial charge in [0.2, 0.25) is 0 Å². The number of nitrogens with zero attached hydrogens (tertiary/aromatic N) is 5. The molecule has 1 aliphatic carbocycles. The van der Waals surface area contributed by atoms with E-state index in [9.17, 15) is 14.4 Å². The number of rotatable bonds is 4. The van der Waals surface area contributed by atoms with E-state index in [0.29, 0.717) is 17.3 Å². The van der Waals surface area contributed by atoms with Crippen molar-refractivity contribution < 1.29 is 14.4 Å². The van der Waals surface area contributed by atoms with Gasteiger partial charge in [-0.25, -0.2) is 9.97 Å². The maximum Gasteiger partial charge on any atom is 0.261 e. The molecule has 9 nitrogen and oxygen atoms in total. The molecule has 1 aromatic carbocycles. The molecule has 2 aliphatic rings. The summed E-state index contributed by atoms with van der Waals surface area (Å²) in [5.41, 5.74) is 1.42. The number of benzene rings is 1. The van der Waals surface area contributed by atoms with Crippen molar-refractivity contribution in [1.82, 2.24) is 24.6 Å². The molecular formula is C26H28N6O3. The molecule has 5 rings (SSSR count). The van der Waals surface area contributed by atoms with Crippen molar-refractivity contribution in [1.29, 1.82) is 0 Å². The molecule has 0 unspecified atom stereocenters. The molecular weight excluding hydrogens is 444 g/mol. The summed E-state index contributed by atoms with van der Waals surface area (Å²) in [6.07, 6.45) is 8.04. The Kier molecular flexibility index (Phi) is 5.70. The van der Waals surface area contributed by atoms with Crippen LogP contribution in [-0.2, 0) is 5.41 Å². The van der Waals surface area contributed by atoms with Crippen LogP contribution in [0.25, 0.3) is 5.95 Å². The summed E-state index contributed by atoms with van der Waals surface area (Å²) in [5.74, 6) is -0.252. The standard InChI is InChI=1S/C26H28N6O3/c1-26(2,3)20-15-21(32(30-20)25-27-12-7-13-28-25)29-22(33)16-10-11-18-19(14-16)24(35)31(23(18)34)17-8-5-4-6-9-17/h7,10-15,17H,4-6,8-9H2,1-3H3,(H,29,33). The Morgan fingerprint density at radius 1 is 0.971 bits per heavy atom. The monoisotopic (exact) mass is 472 g/mol. The maximum atomic E-state index is 13.2. The summed E-state index contributed by atoms with van der Waals surface area (Å²) in [6.45, 7) is 6.08. The highest BCUT2D eigenvalue weighted by Crippen LogP contribution is 2.32. The zero-order chi connectivity index (χ0) is 24.7. The molecule has 180 valence electrons. The van der Waals surface area contributed by atoms with E-state index in [0.717, 1.165) is 37.8 Å². The Balaban J connectivity index is 1.43. The smallest absolute Gasteiger partial charge is 0.261 e. The van der Waals surface area contributed by atoms with Gasteiger partial charge in [0.05, 0.1) is 16.8 Å². The van der Waals surface area contributed by atoms with Gasteiger partial charge >= 0.3 is 0 Å². The van der Waals surface area contributed by atoms with Crippen molar-refractivity contribution in [3.05, 3.63) is 65.1 Å². The van der Waals surface area contributed by atoms with Gasteiger partial charge in [-0.2, -0.15) is 9.78 Å². The first-order chi connectivity index (χ1) is 16.7. The van der Waals surface area contributed by atoms with Crippen LogP contribution in [0.1, 0.15) is 89.6 Å². The summed E-state index contributed by atoms with van der Waals surface area (Å²) in [5, 5.41) is 7.49. The molecule has 35 heavy (non-hydrogen) atoms. The van der Waals surface area contributed by atoms with Crippen LogP contribution in [0.5, 0.6) is 0 Å². The van der Waals surface area contributed by atoms with E-state index in [1.807, 2.05) is 20.8 Å². The highest BCUT2D eigenvalue weighted by Gasteiger charge is 2.40. The number of amides is 3. The number of imide groups is 1. The van der Waals surface area contributed by atoms with Gasteiger partial charge < -0.3 is 5.32 Å². The van der Waals surface area contributed by atoms with Gasteiger partial charge in [-0.15, -0.1) is 0 Å². The maximum absolute atomic E-state index is 13.2. The molecule has 1 fully saturated rings. The van der Waals surface area contributed by atoms with Crippen LogP contribution >= 0.6 is 0 Å². The number of hydrogen-bond donors (Lipinski definition) is 1. The van der Waals surface area contributed by atoms with Gasteiger partial charge in [0.1, 0.15) is 5.82 Å². The number of fused-ring (bicyclic) bond motifs is 1. The van der Waals surface area contributed by atoms with Gasteiger partial charge in [0.25, 0.3) is 23.7 Å². The van der Waals surface area contributed by atoms with Crippen molar-refractivity contribution >= 4 is 23.5 Å². The Bertz CT molecular complexity index is 1300. The first kappa shape index (κ1) is 22.9. The number of nitrogens with one attached hydrogen (secondary N) is 1. The average molecular weight is 473 g/mol. The van der Waals surface area contributed by atoms with Crippen LogP contribution in [-0.4, -0.2) is 48.4 Å². The minimum Gasteiger partial charge on any atom is -0.306 e. The molecule has 0 atom stereocenters. The molecule has 3 heterocycles. The molecule has 1 aliphatic heterocycles. The van der Waals surface area contributed by atoms with E-state index in [2.05, 4.69) is 20.4 Å². The lowest BCUT2D eigenvalue weighted by Gasteiger charge is -2.29. The molecule has 0 bridgehead atoms. The van der Waals surface area contributed by atoms with Crippen molar-refractivity contribution in [2.24, 2.45) is 0 Å². The second-order valence-electron chi connectivity index (χ2n) is 10.1. The number of hydrogen-bond acceptors (Lipinski definition) is 6. The summed E-state index contributed by atoms with van der Waals surface area (Å²) < 4.78 is 1.49. The fraction of sp³-hybridized carbons (Fsp3) is 0.385. The molecule has 0 saturated heterocycles. The van der Waals surface area contributed by atoms with Crippen molar-refractivity contribution in [3.8, 4) is 5.95 Å². The minimum atomic E-state index is -0.415. The third-order valence-corrected chi connectivity index (χ3v) is 6.58. The van der Waals surface area contributed by atoms with Gasteiger partial charge in [0.15, 0.2) is 0 Å². The summed E-state index contributed by atoms with van der Waals surface area (Å²) >= 11 is 0. The first-order valence-corrected chi connectivity index (χ1v) is 12.0. The van der Waals surface area contributed by atoms with Gasteiger partial charge in [0, 0.05) is 35.5 Å². The van der Waals surface area contributed by atoms with Crippen molar-refractivity contribution in [3.63, 3.8) is 0 Å². The van der Waals surface area contributed by atoms with Gasteiger partial charge in [-0.1, -0.05) is 40.0 Å². The Labute approximate surface area is 203 Å². The SMILES string of the molecule is CC(C)(C)c1cc(NC(=O)c2ccc3c(c2)C(=O)N(C2CCCCC2)C3=O)n(-c2ncccn2)n1. The molecule has 0 spiro atoms. The van der Waals surface area contributed by atoms with E-state index in [4.69, 9.17) is 0 Å².